The molecular weight excluding hydrogens is 258 g/mol. The predicted octanol–water partition coefficient (Wildman–Crippen LogP) is 2.43. The molecule has 2 heterocycles. The Morgan fingerprint density at radius 3 is 2.89 bits per heavy atom. The lowest BCUT2D eigenvalue weighted by Crippen LogP contribution is -1.98. The zero-order valence-corrected chi connectivity index (χ0v) is 11.7. The molecule has 5 nitrogen and oxygen atoms in total. The van der Waals surface area contributed by atoms with Gasteiger partial charge < -0.3 is 5.73 Å². The summed E-state index contributed by atoms with van der Waals surface area (Å²) in [5, 5.41) is 13.9. The molecule has 0 unspecified atom stereocenters. The standard InChI is InChI=1S/C13H15N5S/c1-8(2)11-15-16-13-18(11)17-12(19-13)10-5-3-4-9(6-10)7-14/h3-6,8H,7,14H2,1-2H3. The zero-order chi connectivity index (χ0) is 13.4. The second-order valence-corrected chi connectivity index (χ2v) is 5.67. The summed E-state index contributed by atoms with van der Waals surface area (Å²) in [6.07, 6.45) is 0. The van der Waals surface area contributed by atoms with Gasteiger partial charge in [0.15, 0.2) is 5.82 Å². The molecule has 0 saturated carbocycles. The van der Waals surface area contributed by atoms with E-state index in [-0.39, 0.29) is 0 Å². The minimum absolute atomic E-state index is 0.306. The van der Waals surface area contributed by atoms with Gasteiger partial charge >= 0.3 is 0 Å². The molecule has 0 amide bonds. The monoisotopic (exact) mass is 273 g/mol. The van der Waals surface area contributed by atoms with Crippen molar-refractivity contribution in [3.8, 4) is 10.6 Å². The summed E-state index contributed by atoms with van der Waals surface area (Å²) < 4.78 is 1.83. The minimum atomic E-state index is 0.306. The van der Waals surface area contributed by atoms with E-state index < -0.39 is 0 Å². The number of aromatic nitrogens is 4. The topological polar surface area (TPSA) is 69.1 Å². The Bertz CT molecular complexity index is 713. The van der Waals surface area contributed by atoms with Crippen molar-refractivity contribution in [3.05, 3.63) is 35.7 Å². The summed E-state index contributed by atoms with van der Waals surface area (Å²) in [5.74, 6) is 1.20. The van der Waals surface area contributed by atoms with Gasteiger partial charge in [-0.3, -0.25) is 0 Å². The van der Waals surface area contributed by atoms with Crippen molar-refractivity contribution in [2.45, 2.75) is 26.3 Å². The highest BCUT2D eigenvalue weighted by atomic mass is 32.1. The lowest BCUT2D eigenvalue weighted by molar-refractivity contribution is 0.727. The van der Waals surface area contributed by atoms with Gasteiger partial charge in [0.2, 0.25) is 4.96 Å². The SMILES string of the molecule is CC(C)c1nnc2sc(-c3cccc(CN)c3)nn12. The van der Waals surface area contributed by atoms with Gasteiger partial charge in [-0.2, -0.15) is 9.61 Å². The maximum Gasteiger partial charge on any atom is 0.234 e. The molecule has 0 atom stereocenters. The summed E-state index contributed by atoms with van der Waals surface area (Å²) >= 11 is 1.55. The predicted molar refractivity (Wildman–Crippen MR) is 76.1 cm³/mol. The van der Waals surface area contributed by atoms with Gasteiger partial charge in [-0.25, -0.2) is 0 Å². The second kappa shape index (κ2) is 4.71. The van der Waals surface area contributed by atoms with Crippen LogP contribution in [0.4, 0.5) is 0 Å². The molecule has 2 aromatic heterocycles. The lowest BCUT2D eigenvalue weighted by atomic mass is 10.1. The van der Waals surface area contributed by atoms with E-state index in [1.807, 2.05) is 22.7 Å². The first-order valence-electron chi connectivity index (χ1n) is 6.20. The Kier molecular flexibility index (Phi) is 3.04. The quantitative estimate of drug-likeness (QED) is 0.795. The molecule has 0 aliphatic carbocycles. The van der Waals surface area contributed by atoms with Gasteiger partial charge in [0.05, 0.1) is 0 Å². The number of hydrogen-bond donors (Lipinski definition) is 1. The van der Waals surface area contributed by atoms with Gasteiger partial charge in [-0.05, 0) is 11.6 Å². The summed E-state index contributed by atoms with van der Waals surface area (Å²) in [6.45, 7) is 4.71. The zero-order valence-electron chi connectivity index (χ0n) is 10.9. The van der Waals surface area contributed by atoms with Crippen LogP contribution >= 0.6 is 11.3 Å². The molecule has 19 heavy (non-hydrogen) atoms. The fourth-order valence-electron chi connectivity index (χ4n) is 1.94. The van der Waals surface area contributed by atoms with E-state index in [0.29, 0.717) is 12.5 Å². The Morgan fingerprint density at radius 1 is 1.32 bits per heavy atom. The van der Waals surface area contributed by atoms with Gasteiger partial charge in [0.1, 0.15) is 5.01 Å². The molecule has 0 spiro atoms. The van der Waals surface area contributed by atoms with E-state index in [0.717, 1.165) is 26.9 Å². The van der Waals surface area contributed by atoms with E-state index in [2.05, 4.69) is 35.2 Å². The van der Waals surface area contributed by atoms with Crippen LogP contribution in [0.2, 0.25) is 0 Å². The van der Waals surface area contributed by atoms with Crippen molar-refractivity contribution < 1.29 is 0 Å². The summed E-state index contributed by atoms with van der Waals surface area (Å²) in [5.41, 5.74) is 7.85. The van der Waals surface area contributed by atoms with Crippen LogP contribution in [0.3, 0.4) is 0 Å². The third kappa shape index (κ3) is 2.13. The number of rotatable bonds is 3. The molecule has 98 valence electrons. The number of nitrogens with two attached hydrogens (primary N) is 1. The maximum atomic E-state index is 5.67. The van der Waals surface area contributed by atoms with Crippen LogP contribution in [0.15, 0.2) is 24.3 Å². The molecule has 0 bridgehead atoms. The summed E-state index contributed by atoms with van der Waals surface area (Å²) in [6, 6.07) is 8.13. The molecule has 3 rings (SSSR count). The Morgan fingerprint density at radius 2 is 2.16 bits per heavy atom. The van der Waals surface area contributed by atoms with Crippen molar-refractivity contribution >= 4 is 16.3 Å². The minimum Gasteiger partial charge on any atom is -0.326 e. The molecular formula is C13H15N5S. The average Bonchev–Trinajstić information content (AvgIpc) is 2.98. The van der Waals surface area contributed by atoms with Crippen LogP contribution in [0.5, 0.6) is 0 Å². The number of benzene rings is 1. The molecule has 6 heteroatoms. The van der Waals surface area contributed by atoms with Crippen molar-refractivity contribution in [1.82, 2.24) is 19.8 Å². The molecule has 0 aliphatic rings. The van der Waals surface area contributed by atoms with E-state index in [4.69, 9.17) is 5.73 Å². The highest BCUT2D eigenvalue weighted by Crippen LogP contribution is 2.27. The third-order valence-corrected chi connectivity index (χ3v) is 3.89. The fraction of sp³-hybridized carbons (Fsp3) is 0.308. The van der Waals surface area contributed by atoms with E-state index in [9.17, 15) is 0 Å². The fourth-order valence-corrected chi connectivity index (χ4v) is 2.78. The molecule has 1 aromatic carbocycles. The Hall–Kier alpha value is -1.79. The highest BCUT2D eigenvalue weighted by molar-refractivity contribution is 7.19. The first-order valence-corrected chi connectivity index (χ1v) is 7.02. The Labute approximate surface area is 115 Å². The normalized spacial score (nSPS) is 11.6. The molecule has 3 aromatic rings. The van der Waals surface area contributed by atoms with Crippen LogP contribution in [-0.2, 0) is 6.54 Å². The van der Waals surface area contributed by atoms with Crippen LogP contribution in [0, 0.1) is 0 Å². The van der Waals surface area contributed by atoms with Gasteiger partial charge in [-0.1, -0.05) is 43.4 Å². The van der Waals surface area contributed by atoms with Crippen LogP contribution in [-0.4, -0.2) is 19.8 Å². The highest BCUT2D eigenvalue weighted by Gasteiger charge is 2.15. The lowest BCUT2D eigenvalue weighted by Gasteiger charge is -2.00. The Balaban J connectivity index is 2.10. The molecule has 0 saturated heterocycles. The summed E-state index contributed by atoms with van der Waals surface area (Å²) in [4.78, 5) is 0.830. The molecule has 0 aliphatic heterocycles. The third-order valence-electron chi connectivity index (χ3n) is 2.94. The van der Waals surface area contributed by atoms with E-state index in [1.165, 1.54) is 0 Å². The van der Waals surface area contributed by atoms with Crippen molar-refractivity contribution in [1.29, 1.82) is 0 Å². The van der Waals surface area contributed by atoms with Crippen LogP contribution in [0.25, 0.3) is 15.5 Å². The molecule has 0 fully saturated rings. The van der Waals surface area contributed by atoms with Crippen LogP contribution < -0.4 is 5.73 Å². The van der Waals surface area contributed by atoms with Gasteiger partial charge in [0, 0.05) is 18.0 Å². The van der Waals surface area contributed by atoms with Crippen molar-refractivity contribution in [2.24, 2.45) is 5.73 Å². The number of hydrogen-bond acceptors (Lipinski definition) is 5. The van der Waals surface area contributed by atoms with Crippen molar-refractivity contribution in [2.75, 3.05) is 0 Å². The first-order chi connectivity index (χ1) is 9.19. The van der Waals surface area contributed by atoms with Crippen LogP contribution in [0.1, 0.15) is 31.2 Å². The smallest absolute Gasteiger partial charge is 0.234 e. The van der Waals surface area contributed by atoms with E-state index >= 15 is 0 Å². The molecule has 2 N–H and O–H groups in total. The molecule has 0 radical (unpaired) electrons. The van der Waals surface area contributed by atoms with Gasteiger partial charge in [0.25, 0.3) is 0 Å². The first kappa shape index (κ1) is 12.3. The second-order valence-electron chi connectivity index (χ2n) is 4.72. The number of nitrogens with zero attached hydrogens (tertiary/aromatic N) is 4. The largest absolute Gasteiger partial charge is 0.326 e. The number of fused-ring (bicyclic) bond motifs is 1. The van der Waals surface area contributed by atoms with Gasteiger partial charge in [-0.15, -0.1) is 10.2 Å². The summed E-state index contributed by atoms with van der Waals surface area (Å²) in [7, 11) is 0. The maximum absolute atomic E-state index is 5.67. The van der Waals surface area contributed by atoms with E-state index in [1.54, 1.807) is 11.3 Å². The van der Waals surface area contributed by atoms with Crippen molar-refractivity contribution in [3.63, 3.8) is 0 Å². The average molecular weight is 273 g/mol.